The summed E-state index contributed by atoms with van der Waals surface area (Å²) in [4.78, 5) is 62.3. The lowest BCUT2D eigenvalue weighted by Crippen LogP contribution is -2.61. The van der Waals surface area contributed by atoms with Crippen LogP contribution >= 0.6 is 23.5 Å². The zero-order chi connectivity index (χ0) is 40.8. The molecular weight excluding hydrogens is 753 g/mol. The SMILES string of the molecule is CC(C)[C@H](NC(=O)CSc1nccn1C)C(=O)NC(Cc1ccccc1)C(O)C(O)C(Cc1ccccc1)NC(=O)[C@@H](NC(=O)CSc1nccn1C)C(C)C. The van der Waals surface area contributed by atoms with E-state index in [-0.39, 0.29) is 48.0 Å². The summed E-state index contributed by atoms with van der Waals surface area (Å²) in [5.41, 5.74) is 1.57. The Morgan fingerprint density at radius 1 is 0.607 bits per heavy atom. The number of imidazole rings is 2. The smallest absolute Gasteiger partial charge is 0.243 e. The van der Waals surface area contributed by atoms with Crippen molar-refractivity contribution in [2.24, 2.45) is 25.9 Å². The van der Waals surface area contributed by atoms with Crippen molar-refractivity contribution in [2.75, 3.05) is 11.5 Å². The van der Waals surface area contributed by atoms with Crippen LogP contribution in [0.3, 0.4) is 0 Å². The molecule has 0 saturated carbocycles. The fourth-order valence-corrected chi connectivity index (χ4v) is 7.50. The molecule has 0 aliphatic rings. The number of nitrogens with one attached hydrogen (secondary N) is 4. The molecule has 6 N–H and O–H groups in total. The monoisotopic (exact) mass is 806 g/mol. The summed E-state index contributed by atoms with van der Waals surface area (Å²) in [6.45, 7) is 7.22. The summed E-state index contributed by atoms with van der Waals surface area (Å²) in [5, 5.41) is 36.7. The molecule has 2 heterocycles. The van der Waals surface area contributed by atoms with Gasteiger partial charge in [-0.3, -0.25) is 19.2 Å². The topological polar surface area (TPSA) is 192 Å². The molecule has 4 aromatic rings. The Morgan fingerprint density at radius 3 is 1.27 bits per heavy atom. The van der Waals surface area contributed by atoms with Crippen LogP contribution in [0, 0.1) is 11.8 Å². The highest BCUT2D eigenvalue weighted by Crippen LogP contribution is 2.19. The Balaban J connectivity index is 1.53. The lowest BCUT2D eigenvalue weighted by molar-refractivity contribution is -0.132. The highest BCUT2D eigenvalue weighted by atomic mass is 32.2. The Hall–Kier alpha value is -4.64. The van der Waals surface area contributed by atoms with E-state index in [2.05, 4.69) is 31.2 Å². The number of hydrogen-bond donors (Lipinski definition) is 6. The molecule has 0 saturated heterocycles. The molecule has 0 bridgehead atoms. The third kappa shape index (κ3) is 13.2. The maximum Gasteiger partial charge on any atom is 0.243 e. The van der Waals surface area contributed by atoms with Crippen LogP contribution in [0.1, 0.15) is 38.8 Å². The molecule has 14 nitrogen and oxygen atoms in total. The first-order valence-corrected chi connectivity index (χ1v) is 20.5. The minimum absolute atomic E-state index is 0.0395. The highest BCUT2D eigenvalue weighted by molar-refractivity contribution is 8.00. The molecule has 0 spiro atoms. The number of nitrogens with zero attached hydrogens (tertiary/aromatic N) is 4. The van der Waals surface area contributed by atoms with Gasteiger partial charge in [0.2, 0.25) is 23.6 Å². The van der Waals surface area contributed by atoms with Gasteiger partial charge in [0.25, 0.3) is 0 Å². The van der Waals surface area contributed by atoms with Gasteiger partial charge in [-0.2, -0.15) is 0 Å². The number of hydrogen-bond acceptors (Lipinski definition) is 10. The number of rotatable bonds is 21. The number of thioether (sulfide) groups is 2. The van der Waals surface area contributed by atoms with Crippen molar-refractivity contribution in [1.29, 1.82) is 0 Å². The van der Waals surface area contributed by atoms with Crippen LogP contribution in [0.15, 0.2) is 95.8 Å². The van der Waals surface area contributed by atoms with Crippen LogP contribution in [0.2, 0.25) is 0 Å². The minimum Gasteiger partial charge on any atom is -0.388 e. The largest absolute Gasteiger partial charge is 0.388 e. The summed E-state index contributed by atoms with van der Waals surface area (Å²) < 4.78 is 3.59. The summed E-state index contributed by atoms with van der Waals surface area (Å²) in [6.07, 6.45) is 3.97. The Labute approximate surface area is 337 Å². The van der Waals surface area contributed by atoms with E-state index in [9.17, 15) is 29.4 Å². The van der Waals surface area contributed by atoms with E-state index in [0.29, 0.717) is 10.3 Å². The number of amides is 4. The van der Waals surface area contributed by atoms with Crippen molar-refractivity contribution >= 4 is 47.2 Å². The molecule has 0 radical (unpaired) electrons. The zero-order valence-corrected chi connectivity index (χ0v) is 34.3. The van der Waals surface area contributed by atoms with E-state index in [1.807, 2.05) is 74.8 Å². The normalized spacial score (nSPS) is 14.7. The van der Waals surface area contributed by atoms with Crippen LogP contribution in [-0.2, 0) is 46.1 Å². The second kappa shape index (κ2) is 21.6. The average molecular weight is 807 g/mol. The average Bonchev–Trinajstić information content (AvgIpc) is 3.79. The second-order valence-electron chi connectivity index (χ2n) is 14.4. The molecule has 4 unspecified atom stereocenters. The predicted octanol–water partition coefficient (Wildman–Crippen LogP) is 2.50. The third-order valence-corrected chi connectivity index (χ3v) is 11.3. The van der Waals surface area contributed by atoms with E-state index in [4.69, 9.17) is 0 Å². The third-order valence-electron chi connectivity index (χ3n) is 9.18. The van der Waals surface area contributed by atoms with Gasteiger partial charge in [0.15, 0.2) is 10.3 Å². The number of aliphatic hydroxyl groups excluding tert-OH is 2. The van der Waals surface area contributed by atoms with E-state index in [1.165, 1.54) is 23.5 Å². The molecule has 6 atom stereocenters. The van der Waals surface area contributed by atoms with Gasteiger partial charge in [-0.05, 0) is 35.8 Å². The first kappa shape index (κ1) is 44.1. The van der Waals surface area contributed by atoms with Crippen molar-refractivity contribution in [2.45, 2.75) is 87.2 Å². The molecule has 0 fully saturated rings. The van der Waals surface area contributed by atoms with E-state index in [1.54, 1.807) is 61.6 Å². The van der Waals surface area contributed by atoms with Gasteiger partial charge >= 0.3 is 0 Å². The van der Waals surface area contributed by atoms with Crippen molar-refractivity contribution in [3.05, 3.63) is 96.6 Å². The van der Waals surface area contributed by atoms with Crippen molar-refractivity contribution in [1.82, 2.24) is 40.4 Å². The lowest BCUT2D eigenvalue weighted by Gasteiger charge is -2.35. The molecule has 302 valence electrons. The Kier molecular flexibility index (Phi) is 17.0. The predicted molar refractivity (Wildman–Crippen MR) is 218 cm³/mol. The number of carbonyl (C=O) groups excluding carboxylic acids is 4. The Bertz CT molecular complexity index is 1720. The standard InChI is InChI=1S/C40H54N8O6S2/c1-25(2)33(45-31(49)23-55-39-41-17-19-47(39)5)37(53)43-29(21-27-13-9-7-10-14-27)35(51)36(52)30(22-28-15-11-8-12-16-28)44-38(54)34(26(3)4)46-32(50)24-56-40-42-18-20-48(40)6/h7-20,25-26,29-30,33-36,51-52H,21-24H2,1-6H3,(H,43,53)(H,44,54)(H,45,49)(H,46,50)/t29?,30?,33-,34-,35?,36?/m0/s1. The molecular formula is C40H54N8O6S2. The van der Waals surface area contributed by atoms with E-state index >= 15 is 0 Å². The fourth-order valence-electron chi connectivity index (χ4n) is 6.01. The summed E-state index contributed by atoms with van der Waals surface area (Å²) in [6, 6.07) is 14.5. The van der Waals surface area contributed by atoms with Crippen molar-refractivity contribution in [3.8, 4) is 0 Å². The van der Waals surface area contributed by atoms with Gasteiger partial charge in [-0.25, -0.2) is 9.97 Å². The van der Waals surface area contributed by atoms with Gasteiger partial charge in [-0.1, -0.05) is 112 Å². The molecule has 16 heteroatoms. The quantitative estimate of drug-likeness (QED) is 0.0683. The van der Waals surface area contributed by atoms with Crippen LogP contribution in [0.4, 0.5) is 0 Å². The van der Waals surface area contributed by atoms with Crippen molar-refractivity contribution < 1.29 is 29.4 Å². The van der Waals surface area contributed by atoms with Gasteiger partial charge in [0.1, 0.15) is 24.3 Å². The number of aryl methyl sites for hydroxylation is 2. The molecule has 0 aliphatic heterocycles. The first-order valence-electron chi connectivity index (χ1n) is 18.6. The van der Waals surface area contributed by atoms with Gasteiger partial charge < -0.3 is 40.6 Å². The molecule has 0 aliphatic carbocycles. The van der Waals surface area contributed by atoms with Crippen LogP contribution in [0.5, 0.6) is 0 Å². The first-order chi connectivity index (χ1) is 26.7. The van der Waals surface area contributed by atoms with Crippen molar-refractivity contribution in [3.63, 3.8) is 0 Å². The highest BCUT2D eigenvalue weighted by Gasteiger charge is 2.37. The number of carbonyl (C=O) groups is 4. The maximum absolute atomic E-state index is 13.9. The lowest BCUT2D eigenvalue weighted by atomic mass is 9.90. The van der Waals surface area contributed by atoms with Crippen LogP contribution < -0.4 is 21.3 Å². The van der Waals surface area contributed by atoms with E-state index < -0.39 is 48.2 Å². The molecule has 2 aromatic heterocycles. The van der Waals surface area contributed by atoms with Crippen LogP contribution in [-0.4, -0.2) is 101 Å². The fraction of sp³-hybridized carbons (Fsp3) is 0.450. The number of aromatic nitrogens is 4. The van der Waals surface area contributed by atoms with Crippen LogP contribution in [0.25, 0.3) is 0 Å². The zero-order valence-electron chi connectivity index (χ0n) is 32.7. The minimum atomic E-state index is -1.57. The summed E-state index contributed by atoms with van der Waals surface area (Å²) in [7, 11) is 3.65. The summed E-state index contributed by atoms with van der Waals surface area (Å²) in [5.74, 6) is -2.33. The molecule has 56 heavy (non-hydrogen) atoms. The molecule has 2 aromatic carbocycles. The van der Waals surface area contributed by atoms with Gasteiger partial charge in [-0.15, -0.1) is 0 Å². The van der Waals surface area contributed by atoms with E-state index in [0.717, 1.165) is 11.1 Å². The van der Waals surface area contributed by atoms with Gasteiger partial charge in [0.05, 0.1) is 23.6 Å². The Morgan fingerprint density at radius 2 is 0.964 bits per heavy atom. The molecule has 4 amide bonds. The summed E-state index contributed by atoms with van der Waals surface area (Å²) >= 11 is 2.48. The maximum atomic E-state index is 13.9. The number of aliphatic hydroxyl groups is 2. The number of benzene rings is 2. The second-order valence-corrected chi connectivity index (χ2v) is 16.3. The molecule has 4 rings (SSSR count). The van der Waals surface area contributed by atoms with Gasteiger partial charge in [0, 0.05) is 38.9 Å².